The maximum atomic E-state index is 11.5. The Morgan fingerprint density at radius 3 is 2.33 bits per heavy atom. The van der Waals surface area contributed by atoms with Crippen molar-refractivity contribution in [1.29, 1.82) is 0 Å². The van der Waals surface area contributed by atoms with Crippen LogP contribution in [0.5, 0.6) is 0 Å². The van der Waals surface area contributed by atoms with Crippen LogP contribution in [-0.4, -0.2) is 33.3 Å². The Kier molecular flexibility index (Phi) is 3.48. The molecule has 1 rings (SSSR count). The van der Waals surface area contributed by atoms with E-state index < -0.39 is 31.4 Å². The maximum absolute atomic E-state index is 11.5. The summed E-state index contributed by atoms with van der Waals surface area (Å²) in [7, 11) is -7.39. The van der Waals surface area contributed by atoms with Gasteiger partial charge in [0.25, 0.3) is 0 Å². The van der Waals surface area contributed by atoms with Crippen molar-refractivity contribution in [2.45, 2.75) is 11.3 Å². The molecule has 86 valence electrons. The third-order valence-corrected chi connectivity index (χ3v) is 5.70. The second-order valence-electron chi connectivity index (χ2n) is 2.94. The lowest BCUT2D eigenvalue weighted by atomic mass is 10.6. The molecule has 0 aliphatic carbocycles. The molecule has 0 saturated heterocycles. The average Bonchev–Trinajstić information content (AvgIpc) is 2.48. The van der Waals surface area contributed by atoms with E-state index in [9.17, 15) is 16.8 Å². The largest absolute Gasteiger partial charge is 0.231 e. The van der Waals surface area contributed by atoms with E-state index >= 15 is 0 Å². The smallest absolute Gasteiger partial charge is 0.210 e. The molecule has 1 aromatic rings. The number of sulfone groups is 1. The van der Waals surface area contributed by atoms with Gasteiger partial charge in [0.05, 0.1) is 11.5 Å². The Bertz CT molecular complexity index is 543. The van der Waals surface area contributed by atoms with Crippen molar-refractivity contribution >= 4 is 31.2 Å². The predicted molar refractivity (Wildman–Crippen MR) is 56.9 cm³/mol. The molecule has 1 heterocycles. The van der Waals surface area contributed by atoms with Crippen LogP contribution in [0.3, 0.4) is 0 Å². The van der Waals surface area contributed by atoms with Crippen molar-refractivity contribution in [2.24, 2.45) is 5.14 Å². The molecule has 0 aliphatic heterocycles. The van der Waals surface area contributed by atoms with Gasteiger partial charge in [-0.2, -0.15) is 0 Å². The molecule has 0 radical (unpaired) electrons. The summed E-state index contributed by atoms with van der Waals surface area (Å²) in [5, 5.41) is 6.30. The topological polar surface area (TPSA) is 107 Å². The van der Waals surface area contributed by atoms with Gasteiger partial charge in [-0.15, -0.1) is 11.3 Å². The highest BCUT2D eigenvalue weighted by Gasteiger charge is 2.20. The van der Waals surface area contributed by atoms with Crippen LogP contribution < -0.4 is 5.14 Å². The van der Waals surface area contributed by atoms with Crippen molar-refractivity contribution in [3.63, 3.8) is 0 Å². The Morgan fingerprint density at radius 1 is 1.33 bits per heavy atom. The molecule has 0 bridgehead atoms. The molecule has 6 nitrogen and oxygen atoms in total. The molecule has 0 aromatic carbocycles. The van der Waals surface area contributed by atoms with E-state index in [4.69, 9.17) is 5.14 Å². The van der Waals surface area contributed by atoms with Crippen molar-refractivity contribution in [3.8, 4) is 0 Å². The maximum Gasteiger partial charge on any atom is 0.210 e. The van der Waals surface area contributed by atoms with Crippen LogP contribution >= 0.6 is 11.3 Å². The quantitative estimate of drug-likeness (QED) is 0.794. The van der Waals surface area contributed by atoms with E-state index in [1.807, 2.05) is 0 Å². The Hall–Kier alpha value is -0.510. The Balaban J connectivity index is 2.86. The number of thiazole rings is 1. The number of hydrogen-bond acceptors (Lipinski definition) is 6. The van der Waals surface area contributed by atoms with Gasteiger partial charge < -0.3 is 0 Å². The molecule has 1 aromatic heterocycles. The van der Waals surface area contributed by atoms with Gasteiger partial charge >= 0.3 is 0 Å². The zero-order chi connectivity index (χ0) is 11.7. The number of rotatable bonds is 4. The van der Waals surface area contributed by atoms with Gasteiger partial charge in [-0.25, -0.2) is 27.0 Å². The van der Waals surface area contributed by atoms with Crippen LogP contribution in [0.1, 0.15) is 5.69 Å². The highest BCUT2D eigenvalue weighted by molar-refractivity contribution is 7.95. The van der Waals surface area contributed by atoms with Gasteiger partial charge in [0.2, 0.25) is 24.2 Å². The van der Waals surface area contributed by atoms with Crippen molar-refractivity contribution in [3.05, 3.63) is 11.1 Å². The fourth-order valence-electron chi connectivity index (χ4n) is 0.788. The fraction of sp³-hybridized carbons (Fsp3) is 0.500. The number of nitrogens with two attached hydrogens (primary N) is 1. The number of aryl methyl sites for hydroxylation is 1. The molecule has 9 heteroatoms. The second-order valence-corrected chi connectivity index (χ2v) is 7.82. The highest BCUT2D eigenvalue weighted by Crippen LogP contribution is 2.16. The van der Waals surface area contributed by atoms with Gasteiger partial charge in [0.1, 0.15) is 0 Å². The Morgan fingerprint density at radius 2 is 1.93 bits per heavy atom. The zero-order valence-electron chi connectivity index (χ0n) is 7.87. The number of hydrogen-bond donors (Lipinski definition) is 1. The first-order chi connectivity index (χ1) is 6.71. The van der Waals surface area contributed by atoms with Gasteiger partial charge in [0, 0.05) is 11.1 Å². The molecule has 0 fully saturated rings. The minimum Gasteiger partial charge on any atom is -0.231 e. The first kappa shape index (κ1) is 12.6. The molecular formula is C6H10N2O4S3. The minimum atomic E-state index is -3.76. The minimum absolute atomic E-state index is 0.0661. The van der Waals surface area contributed by atoms with Crippen LogP contribution in [0, 0.1) is 6.92 Å². The monoisotopic (exact) mass is 270 g/mol. The van der Waals surface area contributed by atoms with Crippen molar-refractivity contribution in [2.75, 3.05) is 11.5 Å². The molecule has 0 saturated carbocycles. The first-order valence-electron chi connectivity index (χ1n) is 3.86. The second kappa shape index (κ2) is 4.16. The number of primary sulfonamides is 1. The van der Waals surface area contributed by atoms with E-state index in [0.29, 0.717) is 5.69 Å². The van der Waals surface area contributed by atoms with Crippen LogP contribution in [0.15, 0.2) is 9.72 Å². The SMILES string of the molecule is Cc1csc(S(=O)(=O)CCS(N)(=O)=O)n1. The number of sulfonamides is 1. The number of aromatic nitrogens is 1. The lowest BCUT2D eigenvalue weighted by Crippen LogP contribution is -2.23. The molecule has 0 unspecified atom stereocenters. The van der Waals surface area contributed by atoms with E-state index in [0.717, 1.165) is 11.3 Å². The van der Waals surface area contributed by atoms with E-state index in [1.54, 1.807) is 12.3 Å². The highest BCUT2D eigenvalue weighted by atomic mass is 32.2. The van der Waals surface area contributed by atoms with E-state index in [-0.39, 0.29) is 4.34 Å². The van der Waals surface area contributed by atoms with Gasteiger partial charge in [-0.1, -0.05) is 0 Å². The summed E-state index contributed by atoms with van der Waals surface area (Å²) < 4.78 is 44.2. The van der Waals surface area contributed by atoms with Crippen LogP contribution in [0.4, 0.5) is 0 Å². The fourth-order valence-corrected chi connectivity index (χ4v) is 4.55. The standard InChI is InChI=1S/C6H10N2O4S3/c1-5-4-13-6(8-5)14(9,10)2-3-15(7,11)12/h4H,2-3H2,1H3,(H2,7,11,12). The summed E-state index contributed by atoms with van der Waals surface area (Å²) in [4.78, 5) is 3.78. The summed E-state index contributed by atoms with van der Waals surface area (Å²) in [5.41, 5.74) is 0.592. The molecule has 0 atom stereocenters. The summed E-state index contributed by atoms with van der Waals surface area (Å²) in [6, 6.07) is 0. The van der Waals surface area contributed by atoms with Crippen molar-refractivity contribution in [1.82, 2.24) is 4.98 Å². The molecule has 0 amide bonds. The third-order valence-electron chi connectivity index (χ3n) is 1.50. The molecular weight excluding hydrogens is 260 g/mol. The normalized spacial score (nSPS) is 12.9. The van der Waals surface area contributed by atoms with Crippen molar-refractivity contribution < 1.29 is 16.8 Å². The lowest BCUT2D eigenvalue weighted by Gasteiger charge is -1.98. The van der Waals surface area contributed by atoms with E-state index in [2.05, 4.69) is 4.98 Å². The Labute approximate surface area is 92.1 Å². The third kappa shape index (κ3) is 3.86. The van der Waals surface area contributed by atoms with Gasteiger partial charge in [0.15, 0.2) is 0 Å². The first-order valence-corrected chi connectivity index (χ1v) is 8.11. The zero-order valence-corrected chi connectivity index (χ0v) is 10.3. The van der Waals surface area contributed by atoms with Gasteiger partial charge in [-0.05, 0) is 6.92 Å². The molecule has 2 N–H and O–H groups in total. The predicted octanol–water partition coefficient (Wildman–Crippen LogP) is -0.486. The van der Waals surface area contributed by atoms with Crippen LogP contribution in [-0.2, 0) is 19.9 Å². The lowest BCUT2D eigenvalue weighted by molar-refractivity contribution is 0.588. The summed E-state index contributed by atoms with van der Waals surface area (Å²) in [6.45, 7) is 1.66. The molecule has 15 heavy (non-hydrogen) atoms. The summed E-state index contributed by atoms with van der Waals surface area (Å²) in [6.07, 6.45) is 0. The van der Waals surface area contributed by atoms with Crippen LogP contribution in [0.2, 0.25) is 0 Å². The molecule has 0 aliphatic rings. The molecule has 0 spiro atoms. The number of nitrogens with zero attached hydrogens (tertiary/aromatic N) is 1. The van der Waals surface area contributed by atoms with E-state index in [1.165, 1.54) is 0 Å². The summed E-state index contributed by atoms with van der Waals surface area (Å²) in [5.74, 6) is -1.12. The van der Waals surface area contributed by atoms with Gasteiger partial charge in [-0.3, -0.25) is 0 Å². The van der Waals surface area contributed by atoms with Crippen LogP contribution in [0.25, 0.3) is 0 Å². The summed E-state index contributed by atoms with van der Waals surface area (Å²) >= 11 is 0.972. The average molecular weight is 270 g/mol.